The average Bonchev–Trinajstić information content (AvgIpc) is 2.26. The number of fused-ring (bicyclic) bond motifs is 1. The Bertz CT molecular complexity index is 507. The van der Waals surface area contributed by atoms with Gasteiger partial charge in [0.05, 0.1) is 0 Å². The second-order valence-corrected chi connectivity index (χ2v) is 4.92. The number of benzene rings is 2. The van der Waals surface area contributed by atoms with Gasteiger partial charge in [0.15, 0.2) is 0 Å². The Hall–Kier alpha value is -1.30. The monoisotopic (exact) mass is 212 g/mol. The van der Waals surface area contributed by atoms with E-state index in [0.29, 0.717) is 5.92 Å². The van der Waals surface area contributed by atoms with Crippen molar-refractivity contribution in [3.05, 3.63) is 47.0 Å². The number of aryl methyl sites for hydroxylation is 2. The zero-order valence-electron chi connectivity index (χ0n) is 10.7. The molecule has 0 aliphatic carbocycles. The van der Waals surface area contributed by atoms with Crippen molar-refractivity contribution in [3.63, 3.8) is 0 Å². The first-order valence-electron chi connectivity index (χ1n) is 6.15. The van der Waals surface area contributed by atoms with Gasteiger partial charge in [-0.1, -0.05) is 56.7 Å². The molecule has 0 heterocycles. The third-order valence-electron chi connectivity index (χ3n) is 3.22. The summed E-state index contributed by atoms with van der Waals surface area (Å²) in [6, 6.07) is 11.5. The van der Waals surface area contributed by atoms with Crippen molar-refractivity contribution in [2.24, 2.45) is 0 Å². The summed E-state index contributed by atoms with van der Waals surface area (Å²) >= 11 is 0. The molecule has 0 unspecified atom stereocenters. The SMILES string of the molecule is CCc1ccc2c(C(C)C)cc(C)cc2c1. The highest BCUT2D eigenvalue weighted by molar-refractivity contribution is 5.87. The van der Waals surface area contributed by atoms with Crippen molar-refractivity contribution >= 4 is 10.8 Å². The quantitative estimate of drug-likeness (QED) is 0.668. The molecule has 0 fully saturated rings. The maximum absolute atomic E-state index is 2.33. The van der Waals surface area contributed by atoms with E-state index in [-0.39, 0.29) is 0 Å². The van der Waals surface area contributed by atoms with Crippen LogP contribution in [0.2, 0.25) is 0 Å². The van der Waals surface area contributed by atoms with Crippen LogP contribution in [0.1, 0.15) is 43.4 Å². The Balaban J connectivity index is 2.73. The predicted octanol–water partition coefficient (Wildman–Crippen LogP) is 4.83. The molecule has 0 nitrogen and oxygen atoms in total. The topological polar surface area (TPSA) is 0 Å². The molecular weight excluding hydrogens is 192 g/mol. The van der Waals surface area contributed by atoms with Crippen LogP contribution in [0.5, 0.6) is 0 Å². The summed E-state index contributed by atoms with van der Waals surface area (Å²) < 4.78 is 0. The van der Waals surface area contributed by atoms with E-state index in [2.05, 4.69) is 58.0 Å². The maximum Gasteiger partial charge on any atom is -0.0149 e. The molecule has 0 amide bonds. The number of hydrogen-bond donors (Lipinski definition) is 0. The van der Waals surface area contributed by atoms with E-state index in [9.17, 15) is 0 Å². The van der Waals surface area contributed by atoms with Crippen LogP contribution in [0.25, 0.3) is 10.8 Å². The van der Waals surface area contributed by atoms with Gasteiger partial charge in [0.1, 0.15) is 0 Å². The fraction of sp³-hybridized carbons (Fsp3) is 0.375. The standard InChI is InChI=1S/C16H20/c1-5-13-6-7-15-14(10-13)8-12(4)9-16(15)11(2)3/h6-11H,5H2,1-4H3. The lowest BCUT2D eigenvalue weighted by Gasteiger charge is -2.12. The van der Waals surface area contributed by atoms with Crippen molar-refractivity contribution in [2.75, 3.05) is 0 Å². The van der Waals surface area contributed by atoms with E-state index in [4.69, 9.17) is 0 Å². The summed E-state index contributed by atoms with van der Waals surface area (Å²) in [7, 11) is 0. The Kier molecular flexibility index (Phi) is 3.00. The first-order valence-corrected chi connectivity index (χ1v) is 6.15. The van der Waals surface area contributed by atoms with Crippen molar-refractivity contribution in [1.29, 1.82) is 0 Å². The van der Waals surface area contributed by atoms with Gasteiger partial charge in [-0.25, -0.2) is 0 Å². The first kappa shape index (κ1) is 11.2. The third-order valence-corrected chi connectivity index (χ3v) is 3.22. The highest BCUT2D eigenvalue weighted by Crippen LogP contribution is 2.27. The van der Waals surface area contributed by atoms with Gasteiger partial charge in [0.2, 0.25) is 0 Å². The van der Waals surface area contributed by atoms with Crippen molar-refractivity contribution in [1.82, 2.24) is 0 Å². The summed E-state index contributed by atoms with van der Waals surface area (Å²) in [5, 5.41) is 2.81. The van der Waals surface area contributed by atoms with E-state index in [1.165, 1.54) is 27.5 Å². The number of rotatable bonds is 2. The largest absolute Gasteiger partial charge is 0.0613 e. The van der Waals surface area contributed by atoms with Gasteiger partial charge < -0.3 is 0 Å². The lowest BCUT2D eigenvalue weighted by atomic mass is 9.93. The van der Waals surface area contributed by atoms with Crippen molar-refractivity contribution < 1.29 is 0 Å². The van der Waals surface area contributed by atoms with Crippen LogP contribution in [-0.2, 0) is 6.42 Å². The maximum atomic E-state index is 2.33. The molecule has 0 saturated heterocycles. The molecule has 0 bridgehead atoms. The van der Waals surface area contributed by atoms with Gasteiger partial charge in [0, 0.05) is 0 Å². The summed E-state index contributed by atoms with van der Waals surface area (Å²) in [6.07, 6.45) is 1.11. The normalized spacial score (nSPS) is 11.3. The molecular formula is C16H20. The van der Waals surface area contributed by atoms with Crippen LogP contribution < -0.4 is 0 Å². The average molecular weight is 212 g/mol. The minimum Gasteiger partial charge on any atom is -0.0613 e. The molecule has 0 atom stereocenters. The minimum atomic E-state index is 0.592. The highest BCUT2D eigenvalue weighted by atomic mass is 14.1. The Morgan fingerprint density at radius 1 is 1.06 bits per heavy atom. The summed E-state index contributed by atoms with van der Waals surface area (Å²) in [5.74, 6) is 0.592. The van der Waals surface area contributed by atoms with Gasteiger partial charge in [-0.3, -0.25) is 0 Å². The van der Waals surface area contributed by atoms with Gasteiger partial charge in [-0.05, 0) is 41.2 Å². The second-order valence-electron chi connectivity index (χ2n) is 4.92. The van der Waals surface area contributed by atoms with Crippen LogP contribution in [0, 0.1) is 6.92 Å². The fourth-order valence-electron chi connectivity index (χ4n) is 2.30. The molecule has 0 aromatic heterocycles. The smallest absolute Gasteiger partial charge is 0.0149 e. The third kappa shape index (κ3) is 1.97. The fourth-order valence-corrected chi connectivity index (χ4v) is 2.30. The number of hydrogen-bond acceptors (Lipinski definition) is 0. The van der Waals surface area contributed by atoms with Crippen LogP contribution in [0.3, 0.4) is 0 Å². The van der Waals surface area contributed by atoms with E-state index < -0.39 is 0 Å². The van der Waals surface area contributed by atoms with Crippen LogP contribution in [-0.4, -0.2) is 0 Å². The summed E-state index contributed by atoms with van der Waals surface area (Å²) in [4.78, 5) is 0. The van der Waals surface area contributed by atoms with E-state index in [1.807, 2.05) is 0 Å². The zero-order chi connectivity index (χ0) is 11.7. The minimum absolute atomic E-state index is 0.592. The molecule has 0 spiro atoms. The van der Waals surface area contributed by atoms with E-state index >= 15 is 0 Å². The molecule has 0 heteroatoms. The second kappa shape index (κ2) is 4.29. The summed E-state index contributed by atoms with van der Waals surface area (Å²) in [5.41, 5.74) is 4.26. The molecule has 2 rings (SSSR count). The van der Waals surface area contributed by atoms with Gasteiger partial charge in [0.25, 0.3) is 0 Å². The molecule has 0 aliphatic rings. The van der Waals surface area contributed by atoms with Gasteiger partial charge >= 0.3 is 0 Å². The molecule has 0 radical (unpaired) electrons. The molecule has 0 saturated carbocycles. The Morgan fingerprint density at radius 2 is 1.81 bits per heavy atom. The Labute approximate surface area is 98.3 Å². The summed E-state index contributed by atoms with van der Waals surface area (Å²) in [6.45, 7) is 8.92. The zero-order valence-corrected chi connectivity index (χ0v) is 10.7. The highest BCUT2D eigenvalue weighted by Gasteiger charge is 2.06. The molecule has 2 aromatic rings. The van der Waals surface area contributed by atoms with Crippen LogP contribution in [0.4, 0.5) is 0 Å². The van der Waals surface area contributed by atoms with E-state index in [0.717, 1.165) is 6.42 Å². The van der Waals surface area contributed by atoms with Crippen LogP contribution in [0.15, 0.2) is 30.3 Å². The molecule has 16 heavy (non-hydrogen) atoms. The van der Waals surface area contributed by atoms with E-state index in [1.54, 1.807) is 0 Å². The lowest BCUT2D eigenvalue weighted by Crippen LogP contribution is -1.92. The molecule has 0 aliphatic heterocycles. The molecule has 2 aromatic carbocycles. The van der Waals surface area contributed by atoms with Gasteiger partial charge in [-0.15, -0.1) is 0 Å². The lowest BCUT2D eigenvalue weighted by molar-refractivity contribution is 0.874. The predicted molar refractivity (Wildman–Crippen MR) is 72.2 cm³/mol. The molecule has 0 N–H and O–H groups in total. The van der Waals surface area contributed by atoms with Crippen LogP contribution >= 0.6 is 0 Å². The first-order chi connectivity index (χ1) is 7.61. The molecule has 84 valence electrons. The van der Waals surface area contributed by atoms with Crippen molar-refractivity contribution in [3.8, 4) is 0 Å². The van der Waals surface area contributed by atoms with Crippen molar-refractivity contribution in [2.45, 2.75) is 40.0 Å². The van der Waals surface area contributed by atoms with Gasteiger partial charge in [-0.2, -0.15) is 0 Å². The Morgan fingerprint density at radius 3 is 2.44 bits per heavy atom.